The summed E-state index contributed by atoms with van der Waals surface area (Å²) >= 11 is 0. The van der Waals surface area contributed by atoms with Crippen molar-refractivity contribution < 1.29 is 4.79 Å². The van der Waals surface area contributed by atoms with Gasteiger partial charge < -0.3 is 9.88 Å². The third kappa shape index (κ3) is 2.58. The number of rotatable bonds is 3. The molecule has 2 rings (SSSR count). The van der Waals surface area contributed by atoms with Crippen LogP contribution in [0.25, 0.3) is 0 Å². The molecule has 1 heterocycles. The van der Waals surface area contributed by atoms with Gasteiger partial charge in [0.15, 0.2) is 11.4 Å². The molecule has 1 aliphatic rings. The van der Waals surface area contributed by atoms with Crippen molar-refractivity contribution in [2.24, 2.45) is 0 Å². The highest BCUT2D eigenvalue weighted by Gasteiger charge is 2.24. The van der Waals surface area contributed by atoms with E-state index in [2.05, 4.69) is 10.3 Å². The first-order valence-corrected chi connectivity index (χ1v) is 6.34. The van der Waals surface area contributed by atoms with Gasteiger partial charge in [-0.1, -0.05) is 12.8 Å². The lowest BCUT2D eigenvalue weighted by Crippen LogP contribution is -2.37. The number of nitrogens with zero attached hydrogens (tertiary/aromatic N) is 4. The quantitative estimate of drug-likeness (QED) is 0.881. The van der Waals surface area contributed by atoms with Crippen LogP contribution in [0.3, 0.4) is 0 Å². The van der Waals surface area contributed by atoms with Crippen molar-refractivity contribution in [2.45, 2.75) is 44.7 Å². The molecule has 0 aliphatic heterocycles. The molecule has 1 N–H and O–H groups in total. The molecule has 98 valence electrons. The van der Waals surface area contributed by atoms with Crippen LogP contribution in [0.1, 0.15) is 50.0 Å². The Morgan fingerprint density at radius 2 is 2.16 bits per heavy atom. The fourth-order valence-electron chi connectivity index (χ4n) is 2.37. The first kappa shape index (κ1) is 13.1. The number of imidazole rings is 1. The van der Waals surface area contributed by atoms with E-state index in [0.29, 0.717) is 0 Å². The van der Waals surface area contributed by atoms with E-state index in [-0.39, 0.29) is 23.3 Å². The molecule has 1 amide bonds. The van der Waals surface area contributed by atoms with Gasteiger partial charge in [-0.05, 0) is 19.8 Å². The number of nitriles is 2. The monoisotopic (exact) mass is 257 g/mol. The summed E-state index contributed by atoms with van der Waals surface area (Å²) < 4.78 is 1.45. The van der Waals surface area contributed by atoms with Gasteiger partial charge in [0.1, 0.15) is 18.2 Å². The van der Waals surface area contributed by atoms with Gasteiger partial charge in [0.25, 0.3) is 0 Å². The summed E-state index contributed by atoms with van der Waals surface area (Å²) in [5.41, 5.74) is 0.194. The SMILES string of the molecule is CC(C(=O)NC1CCCC1)n1cnc(C#N)c1C#N. The molecule has 1 saturated carbocycles. The molecule has 0 spiro atoms. The molecule has 0 saturated heterocycles. The maximum Gasteiger partial charge on any atom is 0.243 e. The fourth-order valence-corrected chi connectivity index (χ4v) is 2.37. The minimum Gasteiger partial charge on any atom is -0.352 e. The Labute approximate surface area is 111 Å². The molecular weight excluding hydrogens is 242 g/mol. The first-order chi connectivity index (χ1) is 9.17. The summed E-state index contributed by atoms with van der Waals surface area (Å²) in [5, 5.41) is 20.9. The van der Waals surface area contributed by atoms with Crippen molar-refractivity contribution in [3.05, 3.63) is 17.7 Å². The number of hydrogen-bond acceptors (Lipinski definition) is 4. The standard InChI is InChI=1S/C13H15N5O/c1-9(13(19)17-10-4-2-3-5-10)18-8-16-11(6-14)12(18)7-15/h8-10H,2-5H2,1H3,(H,17,19). The second-order valence-electron chi connectivity index (χ2n) is 4.74. The zero-order valence-corrected chi connectivity index (χ0v) is 10.8. The summed E-state index contributed by atoms with van der Waals surface area (Å²) in [5.74, 6) is -0.134. The average Bonchev–Trinajstić information content (AvgIpc) is 3.05. The summed E-state index contributed by atoms with van der Waals surface area (Å²) in [4.78, 5) is 16.0. The van der Waals surface area contributed by atoms with E-state index in [1.54, 1.807) is 6.92 Å². The lowest BCUT2D eigenvalue weighted by atomic mass is 10.2. The number of nitrogens with one attached hydrogen (secondary N) is 1. The predicted molar refractivity (Wildman–Crippen MR) is 66.8 cm³/mol. The van der Waals surface area contributed by atoms with Crippen LogP contribution in [0.15, 0.2) is 6.33 Å². The number of carbonyl (C=O) groups excluding carboxylic acids is 1. The Hall–Kier alpha value is -2.34. The van der Waals surface area contributed by atoms with Gasteiger partial charge >= 0.3 is 0 Å². The molecule has 0 radical (unpaired) electrons. The van der Waals surface area contributed by atoms with E-state index in [9.17, 15) is 4.79 Å². The number of amides is 1. The van der Waals surface area contributed by atoms with E-state index in [1.807, 2.05) is 12.1 Å². The van der Waals surface area contributed by atoms with Gasteiger partial charge in [-0.3, -0.25) is 4.79 Å². The van der Waals surface area contributed by atoms with E-state index < -0.39 is 6.04 Å². The first-order valence-electron chi connectivity index (χ1n) is 6.34. The van der Waals surface area contributed by atoms with Crippen LogP contribution in [-0.4, -0.2) is 21.5 Å². The van der Waals surface area contributed by atoms with E-state index in [1.165, 1.54) is 10.9 Å². The summed E-state index contributed by atoms with van der Waals surface area (Å²) in [6.45, 7) is 1.70. The molecule has 0 bridgehead atoms. The van der Waals surface area contributed by atoms with Crippen LogP contribution in [0.2, 0.25) is 0 Å². The molecule has 19 heavy (non-hydrogen) atoms. The van der Waals surface area contributed by atoms with Crippen molar-refractivity contribution in [1.29, 1.82) is 10.5 Å². The van der Waals surface area contributed by atoms with Crippen LogP contribution in [0.5, 0.6) is 0 Å². The number of carbonyl (C=O) groups is 1. The summed E-state index contributed by atoms with van der Waals surface area (Å²) in [6, 6.07) is 3.47. The summed E-state index contributed by atoms with van der Waals surface area (Å²) in [7, 11) is 0. The van der Waals surface area contributed by atoms with E-state index in [4.69, 9.17) is 10.5 Å². The molecule has 1 aliphatic carbocycles. The lowest BCUT2D eigenvalue weighted by molar-refractivity contribution is -0.124. The molecule has 1 unspecified atom stereocenters. The third-order valence-corrected chi connectivity index (χ3v) is 3.50. The van der Waals surface area contributed by atoms with Crippen LogP contribution in [-0.2, 0) is 4.79 Å². The Balaban J connectivity index is 2.13. The minimum absolute atomic E-state index is 0.0583. The van der Waals surface area contributed by atoms with Crippen molar-refractivity contribution >= 4 is 5.91 Å². The van der Waals surface area contributed by atoms with Crippen LogP contribution < -0.4 is 5.32 Å². The zero-order chi connectivity index (χ0) is 13.8. The largest absolute Gasteiger partial charge is 0.352 e. The molecule has 0 aromatic carbocycles. The average molecular weight is 257 g/mol. The van der Waals surface area contributed by atoms with Gasteiger partial charge in [-0.15, -0.1) is 0 Å². The zero-order valence-electron chi connectivity index (χ0n) is 10.8. The van der Waals surface area contributed by atoms with E-state index in [0.717, 1.165) is 25.7 Å². The normalized spacial score (nSPS) is 16.6. The highest BCUT2D eigenvalue weighted by molar-refractivity contribution is 5.80. The highest BCUT2D eigenvalue weighted by atomic mass is 16.2. The van der Waals surface area contributed by atoms with Gasteiger partial charge in [0.05, 0.1) is 6.33 Å². The fraction of sp³-hybridized carbons (Fsp3) is 0.538. The third-order valence-electron chi connectivity index (χ3n) is 3.50. The van der Waals surface area contributed by atoms with Crippen molar-refractivity contribution in [2.75, 3.05) is 0 Å². The lowest BCUT2D eigenvalue weighted by Gasteiger charge is -2.18. The van der Waals surface area contributed by atoms with Crippen LogP contribution in [0.4, 0.5) is 0 Å². The van der Waals surface area contributed by atoms with Crippen molar-refractivity contribution in [3.63, 3.8) is 0 Å². The smallest absolute Gasteiger partial charge is 0.243 e. The second kappa shape index (κ2) is 5.53. The summed E-state index contributed by atoms with van der Waals surface area (Å²) in [6.07, 6.45) is 5.68. The maximum absolute atomic E-state index is 12.1. The van der Waals surface area contributed by atoms with Crippen LogP contribution in [0, 0.1) is 22.7 Å². The van der Waals surface area contributed by atoms with Crippen molar-refractivity contribution in [1.82, 2.24) is 14.9 Å². The minimum atomic E-state index is -0.537. The highest BCUT2D eigenvalue weighted by Crippen LogP contribution is 2.19. The van der Waals surface area contributed by atoms with Gasteiger partial charge in [0, 0.05) is 6.04 Å². The number of hydrogen-bond donors (Lipinski definition) is 1. The van der Waals surface area contributed by atoms with Crippen molar-refractivity contribution in [3.8, 4) is 12.1 Å². The predicted octanol–water partition coefficient (Wildman–Crippen LogP) is 1.25. The van der Waals surface area contributed by atoms with Gasteiger partial charge in [-0.25, -0.2) is 4.98 Å². The maximum atomic E-state index is 12.1. The topological polar surface area (TPSA) is 94.5 Å². The van der Waals surface area contributed by atoms with E-state index >= 15 is 0 Å². The Kier molecular flexibility index (Phi) is 3.82. The molecule has 1 aromatic heterocycles. The number of aromatic nitrogens is 2. The molecule has 6 nitrogen and oxygen atoms in total. The molecule has 1 fully saturated rings. The van der Waals surface area contributed by atoms with Gasteiger partial charge in [-0.2, -0.15) is 10.5 Å². The molecule has 1 atom stereocenters. The van der Waals surface area contributed by atoms with Gasteiger partial charge in [0.2, 0.25) is 5.91 Å². The Bertz CT molecular complexity index is 557. The second-order valence-corrected chi connectivity index (χ2v) is 4.74. The molecule has 1 aromatic rings. The Morgan fingerprint density at radius 1 is 1.47 bits per heavy atom. The van der Waals surface area contributed by atoms with Crippen LogP contribution >= 0.6 is 0 Å². The molecular formula is C13H15N5O. The Morgan fingerprint density at radius 3 is 2.74 bits per heavy atom. The molecule has 6 heteroatoms.